The van der Waals surface area contributed by atoms with Crippen LogP contribution >= 0.6 is 11.3 Å². The number of pyridine rings is 2. The fourth-order valence-electron chi connectivity index (χ4n) is 5.45. The number of hydrogen-bond donors (Lipinski definition) is 3. The lowest BCUT2D eigenvalue weighted by atomic mass is 10.0. The molecule has 1 aromatic carbocycles. The first-order chi connectivity index (χ1) is 20.3. The monoisotopic (exact) mass is 585 g/mol. The number of thiazole rings is 1. The van der Waals surface area contributed by atoms with Crippen LogP contribution in [-0.4, -0.2) is 60.3 Å². The molecule has 11 nitrogen and oxygen atoms in total. The van der Waals surface area contributed by atoms with E-state index in [0.717, 1.165) is 28.1 Å². The van der Waals surface area contributed by atoms with Crippen molar-refractivity contribution in [2.45, 2.75) is 31.5 Å². The quantitative estimate of drug-likeness (QED) is 0.231. The van der Waals surface area contributed by atoms with Crippen molar-refractivity contribution >= 4 is 50.3 Å². The number of fused-ring (bicyclic) bond motifs is 2. The van der Waals surface area contributed by atoms with Gasteiger partial charge in [-0.25, -0.2) is 24.3 Å². The number of nitrogens with two attached hydrogens (primary N) is 2. The minimum absolute atomic E-state index is 0.0279. The average molecular weight is 586 g/mol. The lowest BCUT2D eigenvalue weighted by Crippen LogP contribution is -2.46. The molecule has 1 aliphatic heterocycles. The van der Waals surface area contributed by atoms with Crippen LogP contribution in [0.4, 0.5) is 10.2 Å². The van der Waals surface area contributed by atoms with E-state index in [1.165, 1.54) is 12.1 Å². The molecule has 6 rings (SSSR count). The van der Waals surface area contributed by atoms with Crippen LogP contribution in [0.15, 0.2) is 61.4 Å². The van der Waals surface area contributed by atoms with Gasteiger partial charge in [-0.2, -0.15) is 0 Å². The zero-order valence-corrected chi connectivity index (χ0v) is 23.4. The van der Waals surface area contributed by atoms with Gasteiger partial charge in [-0.05, 0) is 49.6 Å². The van der Waals surface area contributed by atoms with Crippen LogP contribution < -0.4 is 16.8 Å². The summed E-state index contributed by atoms with van der Waals surface area (Å²) in [5.74, 6) is -0.698. The highest BCUT2D eigenvalue weighted by Crippen LogP contribution is 2.34. The second-order valence-corrected chi connectivity index (χ2v) is 11.1. The number of nitrogens with one attached hydrogen (secondary N) is 1. The Morgan fingerprint density at radius 2 is 1.90 bits per heavy atom. The number of primary amides is 1. The number of rotatable bonds is 8. The van der Waals surface area contributed by atoms with Crippen LogP contribution in [0.2, 0.25) is 0 Å². The van der Waals surface area contributed by atoms with E-state index in [4.69, 9.17) is 16.5 Å². The maximum Gasteiger partial charge on any atom is 0.277 e. The molecule has 1 unspecified atom stereocenters. The Hall–Kier alpha value is -4.75. The second kappa shape index (κ2) is 11.3. The fraction of sp³-hybridized carbons (Fsp3) is 0.241. The minimum atomic E-state index is -0.723. The number of aromatic nitrogens is 5. The molecule has 5 aromatic rings. The maximum atomic E-state index is 14.3. The summed E-state index contributed by atoms with van der Waals surface area (Å²) in [5, 5.41) is 3.08. The summed E-state index contributed by atoms with van der Waals surface area (Å²) < 4.78 is 16.8. The van der Waals surface area contributed by atoms with Crippen LogP contribution in [0.1, 0.15) is 45.6 Å². The van der Waals surface area contributed by atoms with Crippen molar-refractivity contribution in [1.82, 2.24) is 34.7 Å². The molecule has 1 atom stereocenters. The van der Waals surface area contributed by atoms with E-state index in [1.54, 1.807) is 12.4 Å². The molecule has 5 N–H and O–H groups in total. The van der Waals surface area contributed by atoms with Crippen molar-refractivity contribution in [3.63, 3.8) is 0 Å². The number of nitrogen functional groups attached to an aromatic ring is 1. The smallest absolute Gasteiger partial charge is 0.277 e. The molecule has 13 heteroatoms. The van der Waals surface area contributed by atoms with Crippen LogP contribution in [0.5, 0.6) is 0 Å². The van der Waals surface area contributed by atoms with E-state index in [-0.39, 0.29) is 28.3 Å². The van der Waals surface area contributed by atoms with Gasteiger partial charge in [-0.3, -0.25) is 19.1 Å². The number of amides is 2. The van der Waals surface area contributed by atoms with Gasteiger partial charge in [0.15, 0.2) is 10.7 Å². The second-order valence-electron chi connectivity index (χ2n) is 10.1. The summed E-state index contributed by atoms with van der Waals surface area (Å²) in [6.45, 7) is 5.34. The number of benzene rings is 1. The van der Waals surface area contributed by atoms with E-state index in [2.05, 4.69) is 36.3 Å². The van der Waals surface area contributed by atoms with Gasteiger partial charge in [0.25, 0.3) is 11.8 Å². The third kappa shape index (κ3) is 5.08. The van der Waals surface area contributed by atoms with Crippen LogP contribution in [0, 0.1) is 5.82 Å². The van der Waals surface area contributed by atoms with Gasteiger partial charge >= 0.3 is 0 Å². The maximum absolute atomic E-state index is 14.3. The summed E-state index contributed by atoms with van der Waals surface area (Å²) in [6.07, 6.45) is 7.05. The summed E-state index contributed by atoms with van der Waals surface area (Å²) in [6, 6.07) is 9.71. The zero-order valence-electron chi connectivity index (χ0n) is 22.5. The van der Waals surface area contributed by atoms with Crippen LogP contribution in [0.25, 0.3) is 32.8 Å². The highest BCUT2D eigenvalue weighted by atomic mass is 32.1. The molecular formula is C29H28FN9O2S. The summed E-state index contributed by atoms with van der Waals surface area (Å²) in [5.41, 5.74) is 14.2. The Labute approximate surface area is 244 Å². The number of halogens is 1. The third-order valence-electron chi connectivity index (χ3n) is 7.40. The predicted molar refractivity (Wildman–Crippen MR) is 159 cm³/mol. The molecule has 0 saturated carbocycles. The van der Waals surface area contributed by atoms with Crippen molar-refractivity contribution in [2.24, 2.45) is 5.73 Å². The molecule has 0 spiro atoms. The number of piperidine rings is 1. The van der Waals surface area contributed by atoms with E-state index in [9.17, 15) is 14.0 Å². The SMILES string of the molecule is C=CCC(N1CCC(NC(=O)c2cc(F)cc3nc(C(N)=O)sc23)CC1)n1c(-c2cccnc2N)nc2cccnc21. The molecule has 214 valence electrons. The van der Waals surface area contributed by atoms with Gasteiger partial charge in [0, 0.05) is 37.6 Å². The normalized spacial score (nSPS) is 15.2. The number of carbonyl (C=O) groups excluding carboxylic acids is 2. The lowest BCUT2D eigenvalue weighted by molar-refractivity contribution is 0.0837. The van der Waals surface area contributed by atoms with E-state index < -0.39 is 17.6 Å². The third-order valence-corrected chi connectivity index (χ3v) is 8.52. The van der Waals surface area contributed by atoms with Crippen molar-refractivity contribution < 1.29 is 14.0 Å². The van der Waals surface area contributed by atoms with Gasteiger partial charge in [0.2, 0.25) is 0 Å². The van der Waals surface area contributed by atoms with E-state index in [0.29, 0.717) is 48.7 Å². The van der Waals surface area contributed by atoms with Gasteiger partial charge in [-0.15, -0.1) is 17.9 Å². The highest BCUT2D eigenvalue weighted by Gasteiger charge is 2.31. The average Bonchev–Trinajstić information content (AvgIpc) is 3.58. The summed E-state index contributed by atoms with van der Waals surface area (Å²) in [4.78, 5) is 45.0. The Morgan fingerprint density at radius 3 is 2.64 bits per heavy atom. The van der Waals surface area contributed by atoms with Crippen molar-refractivity contribution in [2.75, 3.05) is 18.8 Å². The van der Waals surface area contributed by atoms with Gasteiger partial charge in [0.05, 0.1) is 27.5 Å². The van der Waals surface area contributed by atoms with E-state index >= 15 is 0 Å². The summed E-state index contributed by atoms with van der Waals surface area (Å²) >= 11 is 0.982. The lowest BCUT2D eigenvalue weighted by Gasteiger charge is -2.38. The Morgan fingerprint density at radius 1 is 1.14 bits per heavy atom. The largest absolute Gasteiger partial charge is 0.383 e. The zero-order chi connectivity index (χ0) is 29.4. The first-order valence-electron chi connectivity index (χ1n) is 13.4. The minimum Gasteiger partial charge on any atom is -0.383 e. The Kier molecular flexibility index (Phi) is 7.35. The highest BCUT2D eigenvalue weighted by molar-refractivity contribution is 7.20. The van der Waals surface area contributed by atoms with Crippen LogP contribution in [0.3, 0.4) is 0 Å². The standard InChI is InChI=1S/C29H28FN9O2S/c1-2-5-22(39-26(18-6-3-10-33-24(18)31)36-20-7-4-11-34-27(20)39)38-12-8-17(9-13-38)35-28(41)19-14-16(30)15-21-23(19)42-29(37-21)25(32)40/h2-4,6-7,10-11,14-15,17,22H,1,5,8-9,12-13H2,(H2,31,33)(H2,32,40)(H,35,41). The molecule has 2 amide bonds. The topological polar surface area (TPSA) is 158 Å². The van der Waals surface area contributed by atoms with Crippen molar-refractivity contribution in [3.05, 3.63) is 77.8 Å². The van der Waals surface area contributed by atoms with Crippen molar-refractivity contribution in [1.29, 1.82) is 0 Å². The summed E-state index contributed by atoms with van der Waals surface area (Å²) in [7, 11) is 0. The molecule has 0 bridgehead atoms. The molecule has 5 heterocycles. The molecule has 4 aromatic heterocycles. The van der Waals surface area contributed by atoms with Gasteiger partial charge in [0.1, 0.15) is 23.0 Å². The number of nitrogens with zero attached hydrogens (tertiary/aromatic N) is 6. The molecule has 1 saturated heterocycles. The molecule has 1 fully saturated rings. The number of imidazole rings is 1. The Bertz CT molecular complexity index is 1830. The molecule has 42 heavy (non-hydrogen) atoms. The first-order valence-corrected chi connectivity index (χ1v) is 14.2. The van der Waals surface area contributed by atoms with Crippen molar-refractivity contribution in [3.8, 4) is 11.4 Å². The molecule has 1 aliphatic rings. The Balaban J connectivity index is 1.24. The van der Waals surface area contributed by atoms with Gasteiger partial charge < -0.3 is 16.8 Å². The molecule has 0 radical (unpaired) electrons. The molecule has 0 aliphatic carbocycles. The van der Waals surface area contributed by atoms with Gasteiger partial charge in [-0.1, -0.05) is 6.08 Å². The fourth-order valence-corrected chi connectivity index (χ4v) is 6.36. The van der Waals surface area contributed by atoms with Crippen LogP contribution in [-0.2, 0) is 0 Å². The number of hydrogen-bond acceptors (Lipinski definition) is 9. The van der Waals surface area contributed by atoms with E-state index in [1.807, 2.05) is 30.3 Å². The number of carbonyl (C=O) groups is 2. The molecular weight excluding hydrogens is 557 g/mol. The first kappa shape index (κ1) is 27.4. The number of likely N-dealkylation sites (tertiary alicyclic amines) is 1. The predicted octanol–water partition coefficient (Wildman–Crippen LogP) is 3.89. The number of anilines is 1.